The first-order valence-electron chi connectivity index (χ1n) is 3.16. The van der Waals surface area contributed by atoms with Crippen LogP contribution in [0.4, 0.5) is 13.2 Å². The minimum Gasteiger partial charge on any atom is -0.431 e. The van der Waals surface area contributed by atoms with E-state index in [2.05, 4.69) is 11.7 Å². The maximum Gasteiger partial charge on any atom is 0.387 e. The van der Waals surface area contributed by atoms with Gasteiger partial charge < -0.3 is 4.74 Å². The second-order valence-electron chi connectivity index (χ2n) is 2.11. The maximum atomic E-state index is 12.7. The van der Waals surface area contributed by atoms with Crippen molar-refractivity contribution >= 4 is 0 Å². The Morgan fingerprint density at radius 2 is 2.00 bits per heavy atom. The fraction of sp³-hybridized carbons (Fsp3) is 0.125. The lowest BCUT2D eigenvalue weighted by molar-refractivity contribution is -0.0524. The van der Waals surface area contributed by atoms with Gasteiger partial charge in [-0.1, -0.05) is 12.1 Å². The maximum absolute atomic E-state index is 12.7. The highest BCUT2D eigenvalue weighted by molar-refractivity contribution is 5.36. The van der Waals surface area contributed by atoms with Crippen molar-refractivity contribution in [2.45, 2.75) is 6.61 Å². The molecule has 1 aromatic rings. The molecule has 0 aliphatic carbocycles. The SMILES string of the molecule is [CH2]c1cccc(F)c1OC(F)F. The van der Waals surface area contributed by atoms with Crippen LogP contribution >= 0.6 is 0 Å². The molecule has 1 radical (unpaired) electrons. The standard InChI is InChI=1S/C8H6F3O/c1-5-3-2-4-6(9)7(5)12-8(10)11/h2-4,8H,1H2. The van der Waals surface area contributed by atoms with Gasteiger partial charge in [0.1, 0.15) is 0 Å². The number of hydrogen-bond donors (Lipinski definition) is 0. The number of hydrogen-bond acceptors (Lipinski definition) is 1. The van der Waals surface area contributed by atoms with Crippen LogP contribution in [0.2, 0.25) is 0 Å². The summed E-state index contributed by atoms with van der Waals surface area (Å²) in [6.45, 7) is 0.311. The molecule has 1 nitrogen and oxygen atoms in total. The van der Waals surface area contributed by atoms with Crippen molar-refractivity contribution in [2.75, 3.05) is 0 Å². The van der Waals surface area contributed by atoms with Crippen LogP contribution in [0.5, 0.6) is 5.75 Å². The monoisotopic (exact) mass is 175 g/mol. The highest BCUT2D eigenvalue weighted by Gasteiger charge is 2.11. The Balaban J connectivity index is 2.96. The number of rotatable bonds is 2. The zero-order valence-corrected chi connectivity index (χ0v) is 6.06. The van der Waals surface area contributed by atoms with Crippen molar-refractivity contribution in [3.63, 3.8) is 0 Å². The van der Waals surface area contributed by atoms with Crippen molar-refractivity contribution in [1.29, 1.82) is 0 Å². The molecule has 0 atom stereocenters. The Morgan fingerprint density at radius 3 is 2.50 bits per heavy atom. The topological polar surface area (TPSA) is 9.23 Å². The van der Waals surface area contributed by atoms with Crippen LogP contribution in [-0.2, 0) is 0 Å². The summed E-state index contributed by atoms with van der Waals surface area (Å²) in [4.78, 5) is 0. The summed E-state index contributed by atoms with van der Waals surface area (Å²) < 4.78 is 39.9. The molecule has 0 unspecified atom stereocenters. The van der Waals surface area contributed by atoms with E-state index >= 15 is 0 Å². The van der Waals surface area contributed by atoms with Gasteiger partial charge in [-0.3, -0.25) is 0 Å². The van der Waals surface area contributed by atoms with E-state index in [1.54, 1.807) is 0 Å². The summed E-state index contributed by atoms with van der Waals surface area (Å²) in [5, 5.41) is 0. The molecule has 0 aliphatic heterocycles. The van der Waals surface area contributed by atoms with E-state index in [1.807, 2.05) is 0 Å². The lowest BCUT2D eigenvalue weighted by Crippen LogP contribution is -2.04. The van der Waals surface area contributed by atoms with Crippen molar-refractivity contribution in [2.24, 2.45) is 0 Å². The summed E-state index contributed by atoms with van der Waals surface area (Å²) in [6, 6.07) is 3.79. The highest BCUT2D eigenvalue weighted by atomic mass is 19.3. The number of halogens is 3. The minimum absolute atomic E-state index is 0.107. The van der Waals surface area contributed by atoms with Crippen molar-refractivity contribution < 1.29 is 17.9 Å². The second kappa shape index (κ2) is 3.47. The number of alkyl halides is 2. The largest absolute Gasteiger partial charge is 0.431 e. The van der Waals surface area contributed by atoms with Gasteiger partial charge in [0.05, 0.1) is 0 Å². The summed E-state index contributed by atoms with van der Waals surface area (Å²) in [7, 11) is 0. The van der Waals surface area contributed by atoms with E-state index in [0.29, 0.717) is 0 Å². The first-order valence-corrected chi connectivity index (χ1v) is 3.16. The van der Waals surface area contributed by atoms with Crippen LogP contribution in [-0.4, -0.2) is 6.61 Å². The average molecular weight is 175 g/mol. The molecule has 1 aromatic carbocycles. The Morgan fingerprint density at radius 1 is 1.33 bits per heavy atom. The third-order valence-electron chi connectivity index (χ3n) is 1.26. The number of para-hydroxylation sites is 1. The van der Waals surface area contributed by atoms with Crippen molar-refractivity contribution in [3.8, 4) is 5.75 Å². The van der Waals surface area contributed by atoms with Crippen molar-refractivity contribution in [1.82, 2.24) is 0 Å². The molecule has 0 saturated carbocycles. The summed E-state index contributed by atoms with van der Waals surface area (Å²) in [6.07, 6.45) is 0. The number of ether oxygens (including phenoxy) is 1. The summed E-state index contributed by atoms with van der Waals surface area (Å²) >= 11 is 0. The van der Waals surface area contributed by atoms with Crippen molar-refractivity contribution in [3.05, 3.63) is 36.5 Å². The Hall–Kier alpha value is -1.19. The predicted molar refractivity (Wildman–Crippen MR) is 37.5 cm³/mol. The molecular formula is C8H6F3O. The normalized spacial score (nSPS) is 10.4. The van der Waals surface area contributed by atoms with E-state index in [4.69, 9.17) is 0 Å². The zero-order valence-electron chi connectivity index (χ0n) is 6.06. The van der Waals surface area contributed by atoms with Gasteiger partial charge in [0.2, 0.25) is 0 Å². The van der Waals surface area contributed by atoms with Gasteiger partial charge in [-0.15, -0.1) is 0 Å². The third-order valence-corrected chi connectivity index (χ3v) is 1.26. The second-order valence-corrected chi connectivity index (χ2v) is 2.11. The third kappa shape index (κ3) is 1.90. The average Bonchev–Trinajstić information content (AvgIpc) is 1.97. The van der Waals surface area contributed by atoms with Gasteiger partial charge in [0, 0.05) is 0 Å². The minimum atomic E-state index is -3.03. The quantitative estimate of drug-likeness (QED) is 0.671. The molecule has 4 heteroatoms. The summed E-state index contributed by atoms with van der Waals surface area (Å²) in [5.74, 6) is -1.32. The van der Waals surface area contributed by atoms with Crippen LogP contribution in [0.1, 0.15) is 5.56 Å². The van der Waals surface area contributed by atoms with E-state index in [9.17, 15) is 13.2 Å². The van der Waals surface area contributed by atoms with Gasteiger partial charge >= 0.3 is 6.61 Å². The van der Waals surface area contributed by atoms with Gasteiger partial charge in [-0.05, 0) is 18.6 Å². The van der Waals surface area contributed by atoms with E-state index in [1.165, 1.54) is 12.1 Å². The number of benzene rings is 1. The molecule has 0 bridgehead atoms. The van der Waals surface area contributed by atoms with Crippen LogP contribution in [0, 0.1) is 12.7 Å². The Kier molecular flexibility index (Phi) is 2.58. The molecule has 0 saturated heterocycles. The van der Waals surface area contributed by atoms with Crippen LogP contribution in [0.25, 0.3) is 0 Å². The molecule has 0 spiro atoms. The van der Waals surface area contributed by atoms with Crippen LogP contribution in [0.3, 0.4) is 0 Å². The smallest absolute Gasteiger partial charge is 0.387 e. The lowest BCUT2D eigenvalue weighted by Gasteiger charge is -2.07. The van der Waals surface area contributed by atoms with E-state index in [0.717, 1.165) is 6.07 Å². The predicted octanol–water partition coefficient (Wildman–Crippen LogP) is 2.61. The zero-order chi connectivity index (χ0) is 9.14. The Labute approximate surface area is 67.8 Å². The molecule has 65 valence electrons. The molecule has 12 heavy (non-hydrogen) atoms. The first kappa shape index (κ1) is 8.90. The molecular weight excluding hydrogens is 169 g/mol. The molecule has 0 fully saturated rings. The lowest BCUT2D eigenvalue weighted by atomic mass is 10.2. The fourth-order valence-corrected chi connectivity index (χ4v) is 0.775. The van der Waals surface area contributed by atoms with Crippen LogP contribution in [0.15, 0.2) is 18.2 Å². The molecule has 0 aromatic heterocycles. The molecule has 0 heterocycles. The summed E-state index contributed by atoms with van der Waals surface area (Å²) in [5.41, 5.74) is 0.107. The fourth-order valence-electron chi connectivity index (χ4n) is 0.775. The van der Waals surface area contributed by atoms with Gasteiger partial charge in [-0.2, -0.15) is 8.78 Å². The molecule has 1 rings (SSSR count). The molecule has 0 amide bonds. The van der Waals surface area contributed by atoms with Crippen LogP contribution < -0.4 is 4.74 Å². The molecule has 0 N–H and O–H groups in total. The molecule has 0 aliphatic rings. The van der Waals surface area contributed by atoms with Gasteiger partial charge in [0.15, 0.2) is 11.6 Å². The Bertz CT molecular complexity index is 253. The first-order chi connectivity index (χ1) is 5.61. The van der Waals surface area contributed by atoms with Gasteiger partial charge in [0.25, 0.3) is 0 Å². The van der Waals surface area contributed by atoms with Gasteiger partial charge in [-0.25, -0.2) is 4.39 Å². The highest BCUT2D eigenvalue weighted by Crippen LogP contribution is 2.23. The van der Waals surface area contributed by atoms with E-state index in [-0.39, 0.29) is 5.56 Å². The van der Waals surface area contributed by atoms with E-state index < -0.39 is 18.2 Å².